The van der Waals surface area contributed by atoms with E-state index in [4.69, 9.17) is 4.74 Å². The predicted octanol–water partition coefficient (Wildman–Crippen LogP) is 3.71. The molecule has 7 heteroatoms. The summed E-state index contributed by atoms with van der Waals surface area (Å²) in [6.45, 7) is 3.24. The van der Waals surface area contributed by atoms with Crippen LogP contribution in [0.5, 0.6) is 5.75 Å². The van der Waals surface area contributed by atoms with Crippen molar-refractivity contribution in [2.45, 2.75) is 19.9 Å². The van der Waals surface area contributed by atoms with Crippen molar-refractivity contribution in [3.05, 3.63) is 53.5 Å². The summed E-state index contributed by atoms with van der Waals surface area (Å²) in [6.07, 6.45) is 0.212. The predicted molar refractivity (Wildman–Crippen MR) is 114 cm³/mol. The zero-order valence-corrected chi connectivity index (χ0v) is 17.3. The molecule has 2 heterocycles. The number of carbonyl (C=O) groups excluding carboxylic acids is 2. The van der Waals surface area contributed by atoms with Crippen LogP contribution >= 0.6 is 11.3 Å². The summed E-state index contributed by atoms with van der Waals surface area (Å²) in [5, 5.41) is 0.893. The van der Waals surface area contributed by atoms with E-state index < -0.39 is 0 Å². The third kappa shape index (κ3) is 3.96. The maximum atomic E-state index is 13.0. The van der Waals surface area contributed by atoms with Crippen molar-refractivity contribution in [3.8, 4) is 5.75 Å². The van der Waals surface area contributed by atoms with Crippen LogP contribution in [0, 0.1) is 5.92 Å². The molecule has 0 radical (unpaired) electrons. The van der Waals surface area contributed by atoms with Gasteiger partial charge in [-0.2, -0.15) is 0 Å². The second-order valence-electron chi connectivity index (χ2n) is 7.08. The monoisotopic (exact) mass is 409 g/mol. The molecule has 0 saturated carbocycles. The highest BCUT2D eigenvalue weighted by Gasteiger charge is 2.37. The van der Waals surface area contributed by atoms with Gasteiger partial charge in [0.05, 0.1) is 35.0 Å². The van der Waals surface area contributed by atoms with Crippen molar-refractivity contribution in [2.75, 3.05) is 25.1 Å². The number of anilines is 1. The molecule has 2 amide bonds. The number of rotatable bonds is 6. The zero-order chi connectivity index (χ0) is 20.4. The third-order valence-electron chi connectivity index (χ3n) is 5.02. The lowest BCUT2D eigenvalue weighted by atomic mass is 10.1. The number of hydrogen-bond donors (Lipinski definition) is 0. The first kappa shape index (κ1) is 19.4. The fourth-order valence-corrected chi connectivity index (χ4v) is 4.66. The summed E-state index contributed by atoms with van der Waals surface area (Å²) < 4.78 is 6.76. The number of hydrogen-bond acceptors (Lipinski definition) is 5. The summed E-state index contributed by atoms with van der Waals surface area (Å²) >= 11 is 1.59. The van der Waals surface area contributed by atoms with Crippen LogP contribution < -0.4 is 9.64 Å². The Morgan fingerprint density at radius 1 is 1.24 bits per heavy atom. The van der Waals surface area contributed by atoms with E-state index in [1.807, 2.05) is 55.5 Å². The number of para-hydroxylation sites is 3. The second-order valence-corrected chi connectivity index (χ2v) is 8.19. The van der Waals surface area contributed by atoms with Gasteiger partial charge in [0.1, 0.15) is 10.8 Å². The molecule has 150 valence electrons. The Bertz CT molecular complexity index is 1020. The number of benzene rings is 2. The van der Waals surface area contributed by atoms with E-state index in [-0.39, 0.29) is 24.2 Å². The number of ether oxygens (including phenoxy) is 1. The number of carbonyl (C=O) groups is 2. The minimum atomic E-state index is -0.364. The molecule has 6 nitrogen and oxygen atoms in total. The Balaban J connectivity index is 1.46. The van der Waals surface area contributed by atoms with Crippen molar-refractivity contribution >= 4 is 39.1 Å². The molecule has 0 spiro atoms. The Hall–Kier alpha value is -2.93. The lowest BCUT2D eigenvalue weighted by molar-refractivity contribution is -0.135. The number of nitrogens with zero attached hydrogens (tertiary/aromatic N) is 3. The van der Waals surface area contributed by atoms with Crippen LogP contribution in [0.15, 0.2) is 48.5 Å². The van der Waals surface area contributed by atoms with Crippen LogP contribution in [0.1, 0.15) is 18.4 Å². The molecule has 0 N–H and O–H groups in total. The first-order valence-corrected chi connectivity index (χ1v) is 10.5. The molecule has 2 aromatic carbocycles. The van der Waals surface area contributed by atoms with Crippen LogP contribution in [0.2, 0.25) is 0 Å². The van der Waals surface area contributed by atoms with Crippen LogP contribution in [-0.2, 0) is 16.1 Å². The molecule has 1 aliphatic rings. The van der Waals surface area contributed by atoms with Gasteiger partial charge in [-0.3, -0.25) is 9.59 Å². The molecule has 1 fully saturated rings. The molecular formula is C22H23N3O3S. The fourth-order valence-electron chi connectivity index (χ4n) is 3.64. The van der Waals surface area contributed by atoms with E-state index in [0.29, 0.717) is 25.4 Å². The summed E-state index contributed by atoms with van der Waals surface area (Å²) in [7, 11) is 1.77. The molecule has 1 atom stereocenters. The smallest absolute Gasteiger partial charge is 0.228 e. The normalized spacial score (nSPS) is 16.4. The van der Waals surface area contributed by atoms with Crippen LogP contribution in [0.4, 0.5) is 5.69 Å². The first-order valence-electron chi connectivity index (χ1n) is 9.68. The minimum Gasteiger partial charge on any atom is -0.492 e. The van der Waals surface area contributed by atoms with Gasteiger partial charge in [-0.1, -0.05) is 24.3 Å². The van der Waals surface area contributed by atoms with Crippen molar-refractivity contribution in [1.29, 1.82) is 0 Å². The summed E-state index contributed by atoms with van der Waals surface area (Å²) in [5.41, 5.74) is 1.67. The molecule has 0 unspecified atom stereocenters. The van der Waals surface area contributed by atoms with Gasteiger partial charge in [-0.05, 0) is 31.2 Å². The minimum absolute atomic E-state index is 0.0333. The zero-order valence-electron chi connectivity index (χ0n) is 16.5. The average molecular weight is 410 g/mol. The van der Waals surface area contributed by atoms with Gasteiger partial charge >= 0.3 is 0 Å². The number of thiazole rings is 1. The van der Waals surface area contributed by atoms with Crippen LogP contribution in [0.25, 0.3) is 10.2 Å². The van der Waals surface area contributed by atoms with Gasteiger partial charge in [0.25, 0.3) is 0 Å². The van der Waals surface area contributed by atoms with Gasteiger partial charge in [0.15, 0.2) is 0 Å². The van der Waals surface area contributed by atoms with E-state index in [2.05, 4.69) is 4.98 Å². The highest BCUT2D eigenvalue weighted by atomic mass is 32.1. The van der Waals surface area contributed by atoms with Crippen LogP contribution in [0.3, 0.4) is 0 Å². The molecule has 0 bridgehead atoms. The lowest BCUT2D eigenvalue weighted by Gasteiger charge is -2.22. The Kier molecular flexibility index (Phi) is 5.49. The van der Waals surface area contributed by atoms with Gasteiger partial charge in [0.2, 0.25) is 11.8 Å². The van der Waals surface area contributed by atoms with Crippen molar-refractivity contribution in [3.63, 3.8) is 0 Å². The van der Waals surface area contributed by atoms with Gasteiger partial charge in [-0.15, -0.1) is 11.3 Å². The fraction of sp³-hybridized carbons (Fsp3) is 0.318. The summed E-state index contributed by atoms with van der Waals surface area (Å²) in [4.78, 5) is 33.6. The Morgan fingerprint density at radius 2 is 2.00 bits per heavy atom. The molecule has 3 aromatic rings. The molecule has 1 aliphatic heterocycles. The maximum absolute atomic E-state index is 13.0. The standard InChI is InChI=1S/C22H23N3O3S/c1-3-28-18-10-6-5-9-17(18)25-13-15(12-21(25)26)22(27)24(2)14-20-23-16-8-4-7-11-19(16)29-20/h4-11,15H,3,12-14H2,1-2H3/t15-/m0/s1. The van der Waals surface area contributed by atoms with E-state index in [1.165, 1.54) is 0 Å². The molecule has 0 aliphatic carbocycles. The van der Waals surface area contributed by atoms with Crippen molar-refractivity contribution in [1.82, 2.24) is 9.88 Å². The molecule has 4 rings (SSSR count). The van der Waals surface area contributed by atoms with Gasteiger partial charge < -0.3 is 14.5 Å². The van der Waals surface area contributed by atoms with Crippen LogP contribution in [-0.4, -0.2) is 41.9 Å². The largest absolute Gasteiger partial charge is 0.492 e. The number of aromatic nitrogens is 1. The maximum Gasteiger partial charge on any atom is 0.228 e. The van der Waals surface area contributed by atoms with Gasteiger partial charge in [0, 0.05) is 20.0 Å². The average Bonchev–Trinajstić information content (AvgIpc) is 3.30. The van der Waals surface area contributed by atoms with Crippen molar-refractivity contribution in [2.24, 2.45) is 5.92 Å². The quantitative estimate of drug-likeness (QED) is 0.623. The molecular weight excluding hydrogens is 386 g/mol. The first-order chi connectivity index (χ1) is 14.1. The summed E-state index contributed by atoms with van der Waals surface area (Å²) in [6, 6.07) is 15.4. The van der Waals surface area contributed by atoms with Crippen molar-refractivity contribution < 1.29 is 14.3 Å². The molecule has 29 heavy (non-hydrogen) atoms. The SMILES string of the molecule is CCOc1ccccc1N1C[C@@H](C(=O)N(C)Cc2nc3ccccc3s2)CC1=O. The van der Waals surface area contributed by atoms with E-state index in [1.54, 1.807) is 28.2 Å². The highest BCUT2D eigenvalue weighted by molar-refractivity contribution is 7.18. The third-order valence-corrected chi connectivity index (χ3v) is 6.04. The van der Waals surface area contributed by atoms with Gasteiger partial charge in [-0.25, -0.2) is 4.98 Å². The van der Waals surface area contributed by atoms with E-state index in [0.717, 1.165) is 20.9 Å². The Morgan fingerprint density at radius 3 is 2.79 bits per heavy atom. The van der Waals surface area contributed by atoms with E-state index in [9.17, 15) is 9.59 Å². The summed E-state index contributed by atoms with van der Waals surface area (Å²) in [5.74, 6) is 0.216. The highest BCUT2D eigenvalue weighted by Crippen LogP contribution is 2.33. The second kappa shape index (κ2) is 8.21. The number of amides is 2. The lowest BCUT2D eigenvalue weighted by Crippen LogP contribution is -2.34. The number of fused-ring (bicyclic) bond motifs is 1. The topological polar surface area (TPSA) is 62.7 Å². The molecule has 1 saturated heterocycles. The Labute approximate surface area is 173 Å². The molecule has 1 aromatic heterocycles. The van der Waals surface area contributed by atoms with E-state index >= 15 is 0 Å².